The van der Waals surface area contributed by atoms with Crippen LogP contribution in [-0.4, -0.2) is 61.2 Å². The first-order chi connectivity index (χ1) is 16.0. The molecule has 3 aliphatic rings. The fourth-order valence-electron chi connectivity index (χ4n) is 5.28. The first kappa shape index (κ1) is 22.8. The van der Waals surface area contributed by atoms with Crippen molar-refractivity contribution in [3.8, 4) is 17.2 Å². The molecule has 1 aliphatic heterocycles. The number of phenolic OH excluding ortho intramolecular Hbond substituents is 3. The topological polar surface area (TPSA) is 154 Å². The predicted molar refractivity (Wildman–Crippen MR) is 117 cm³/mol. The summed E-state index contributed by atoms with van der Waals surface area (Å²) in [7, 11) is 0. The Morgan fingerprint density at radius 1 is 1.03 bits per heavy atom. The fraction of sp³-hybridized carbons (Fsp3) is 0.440. The van der Waals surface area contributed by atoms with E-state index in [4.69, 9.17) is 9.47 Å². The Labute approximate surface area is 195 Å². The van der Waals surface area contributed by atoms with Gasteiger partial charge in [-0.15, -0.1) is 0 Å². The van der Waals surface area contributed by atoms with E-state index in [2.05, 4.69) is 0 Å². The summed E-state index contributed by atoms with van der Waals surface area (Å²) < 4.78 is 11.9. The van der Waals surface area contributed by atoms with E-state index < -0.39 is 59.0 Å². The van der Waals surface area contributed by atoms with Crippen LogP contribution in [0.4, 0.5) is 0 Å². The fourth-order valence-corrected chi connectivity index (χ4v) is 5.28. The molecule has 0 bridgehead atoms. The molecule has 0 saturated carbocycles. The van der Waals surface area contributed by atoms with Gasteiger partial charge in [0.15, 0.2) is 12.1 Å². The smallest absolute Gasteiger partial charge is 0.202 e. The summed E-state index contributed by atoms with van der Waals surface area (Å²) in [6.45, 7) is 3.34. The third-order valence-electron chi connectivity index (χ3n) is 6.95. The van der Waals surface area contributed by atoms with Gasteiger partial charge in [-0.1, -0.05) is 0 Å². The van der Waals surface area contributed by atoms with E-state index in [1.807, 2.05) is 0 Å². The standard InChI is InChI=1S/C25H26O9/c1-10-13(26)5-6-17(33-10)34-16-9-25(2,32)8-11-7-12-19(23(30)18(11)16)24(31)21-15(28)4-3-14(27)20(21)22(12)29/h3-4,7,10,13,16-17,26-28,30,32H,5-6,8-9H2,1-2H3. The minimum Gasteiger partial charge on any atom is -0.507 e. The van der Waals surface area contributed by atoms with E-state index in [1.165, 1.54) is 6.07 Å². The summed E-state index contributed by atoms with van der Waals surface area (Å²) in [6, 6.07) is 3.67. The van der Waals surface area contributed by atoms with Crippen molar-refractivity contribution in [1.82, 2.24) is 0 Å². The molecule has 5 rings (SSSR count). The molecule has 1 saturated heterocycles. The highest BCUT2D eigenvalue weighted by molar-refractivity contribution is 6.31. The molecule has 2 aromatic rings. The van der Waals surface area contributed by atoms with E-state index in [9.17, 15) is 35.1 Å². The average Bonchev–Trinajstić information content (AvgIpc) is 2.75. The van der Waals surface area contributed by atoms with Gasteiger partial charge in [-0.25, -0.2) is 0 Å². The molecule has 9 heteroatoms. The third-order valence-corrected chi connectivity index (χ3v) is 6.95. The lowest BCUT2D eigenvalue weighted by Gasteiger charge is -2.40. The predicted octanol–water partition coefficient (Wildman–Crippen LogP) is 2.22. The van der Waals surface area contributed by atoms with Crippen LogP contribution in [0, 0.1) is 0 Å². The van der Waals surface area contributed by atoms with E-state index >= 15 is 0 Å². The number of rotatable bonds is 2. The minimum atomic E-state index is -1.22. The van der Waals surface area contributed by atoms with Crippen molar-refractivity contribution >= 4 is 11.6 Å². The summed E-state index contributed by atoms with van der Waals surface area (Å²) in [5.74, 6) is -2.89. The van der Waals surface area contributed by atoms with Gasteiger partial charge in [0.1, 0.15) is 17.2 Å². The number of fused-ring (bicyclic) bond motifs is 3. The average molecular weight is 470 g/mol. The number of aromatic hydroxyl groups is 3. The van der Waals surface area contributed by atoms with E-state index in [-0.39, 0.29) is 40.7 Å². The summed E-state index contributed by atoms with van der Waals surface area (Å²) in [5, 5.41) is 52.5. The summed E-state index contributed by atoms with van der Waals surface area (Å²) in [4.78, 5) is 26.5. The second-order valence-corrected chi connectivity index (χ2v) is 9.65. The largest absolute Gasteiger partial charge is 0.507 e. The highest BCUT2D eigenvalue weighted by Crippen LogP contribution is 2.49. The van der Waals surface area contributed by atoms with Crippen LogP contribution in [0.1, 0.15) is 82.2 Å². The molecule has 180 valence electrons. The maximum atomic E-state index is 13.3. The molecular formula is C25H26O9. The van der Waals surface area contributed by atoms with Gasteiger partial charge < -0.3 is 35.0 Å². The molecule has 0 spiro atoms. The van der Waals surface area contributed by atoms with E-state index in [1.54, 1.807) is 13.8 Å². The summed E-state index contributed by atoms with van der Waals surface area (Å²) in [5.41, 5.74) is -1.60. The number of hydrogen-bond acceptors (Lipinski definition) is 9. The number of carbonyl (C=O) groups excluding carboxylic acids is 2. The lowest BCUT2D eigenvalue weighted by molar-refractivity contribution is -0.243. The van der Waals surface area contributed by atoms with Gasteiger partial charge in [0, 0.05) is 30.4 Å². The van der Waals surface area contributed by atoms with E-state index in [0.29, 0.717) is 18.4 Å². The Morgan fingerprint density at radius 2 is 1.68 bits per heavy atom. The van der Waals surface area contributed by atoms with Crippen LogP contribution in [0.25, 0.3) is 0 Å². The van der Waals surface area contributed by atoms with Crippen molar-refractivity contribution < 1.29 is 44.6 Å². The van der Waals surface area contributed by atoms with Crippen molar-refractivity contribution in [2.75, 3.05) is 0 Å². The molecule has 1 fully saturated rings. The Balaban J connectivity index is 1.62. The zero-order valence-corrected chi connectivity index (χ0v) is 18.7. The van der Waals surface area contributed by atoms with Crippen LogP contribution in [0.3, 0.4) is 0 Å². The zero-order valence-electron chi connectivity index (χ0n) is 18.7. The lowest BCUT2D eigenvalue weighted by Crippen LogP contribution is -2.41. The molecule has 34 heavy (non-hydrogen) atoms. The van der Waals surface area contributed by atoms with Gasteiger partial charge >= 0.3 is 0 Å². The number of benzene rings is 2. The van der Waals surface area contributed by atoms with Crippen molar-refractivity contribution in [2.24, 2.45) is 0 Å². The Morgan fingerprint density at radius 3 is 2.32 bits per heavy atom. The molecule has 5 atom stereocenters. The van der Waals surface area contributed by atoms with Crippen molar-refractivity contribution in [1.29, 1.82) is 0 Å². The number of aliphatic hydroxyl groups excluding tert-OH is 1. The summed E-state index contributed by atoms with van der Waals surface area (Å²) in [6.07, 6.45) is -1.54. The van der Waals surface area contributed by atoms with Crippen LogP contribution in [0.2, 0.25) is 0 Å². The first-order valence-electron chi connectivity index (χ1n) is 11.2. The molecular weight excluding hydrogens is 444 g/mol. The van der Waals surface area contributed by atoms with Crippen molar-refractivity contribution in [2.45, 2.75) is 69.7 Å². The Hall–Kier alpha value is -2.98. The molecule has 0 radical (unpaired) electrons. The van der Waals surface area contributed by atoms with Gasteiger partial charge in [-0.3, -0.25) is 9.59 Å². The molecule has 5 N–H and O–H groups in total. The highest BCUT2D eigenvalue weighted by Gasteiger charge is 2.44. The zero-order chi connectivity index (χ0) is 24.5. The number of carbonyl (C=O) groups is 2. The van der Waals surface area contributed by atoms with Gasteiger partial charge in [-0.2, -0.15) is 0 Å². The number of aliphatic hydroxyl groups is 2. The number of phenols is 3. The maximum absolute atomic E-state index is 13.3. The number of hydrogen-bond donors (Lipinski definition) is 5. The van der Waals surface area contributed by atoms with Gasteiger partial charge in [0.05, 0.1) is 40.6 Å². The quantitative estimate of drug-likeness (QED) is 0.355. The monoisotopic (exact) mass is 470 g/mol. The minimum absolute atomic E-state index is 0.101. The lowest BCUT2D eigenvalue weighted by atomic mass is 9.74. The molecule has 2 aromatic carbocycles. The van der Waals surface area contributed by atoms with Gasteiger partial charge in [-0.05, 0) is 44.0 Å². The van der Waals surface area contributed by atoms with Crippen LogP contribution in [0.15, 0.2) is 18.2 Å². The molecule has 2 aliphatic carbocycles. The molecule has 9 nitrogen and oxygen atoms in total. The maximum Gasteiger partial charge on any atom is 0.202 e. The molecule has 0 amide bonds. The third kappa shape index (κ3) is 3.47. The number of ether oxygens (including phenoxy) is 2. The first-order valence-corrected chi connectivity index (χ1v) is 11.2. The summed E-state index contributed by atoms with van der Waals surface area (Å²) >= 11 is 0. The van der Waals surface area contributed by atoms with Crippen molar-refractivity contribution in [3.05, 3.63) is 51.6 Å². The Bertz CT molecular complexity index is 1220. The van der Waals surface area contributed by atoms with E-state index in [0.717, 1.165) is 12.1 Å². The number of ketones is 2. The van der Waals surface area contributed by atoms with Crippen LogP contribution >= 0.6 is 0 Å². The molecule has 1 heterocycles. The molecule has 5 unspecified atom stereocenters. The van der Waals surface area contributed by atoms with Crippen LogP contribution in [-0.2, 0) is 15.9 Å². The second-order valence-electron chi connectivity index (χ2n) is 9.65. The van der Waals surface area contributed by atoms with Crippen molar-refractivity contribution in [3.63, 3.8) is 0 Å². The van der Waals surface area contributed by atoms with Gasteiger partial charge in [0.25, 0.3) is 0 Å². The second kappa shape index (κ2) is 7.78. The normalized spacial score (nSPS) is 30.5. The van der Waals surface area contributed by atoms with Crippen LogP contribution < -0.4 is 0 Å². The van der Waals surface area contributed by atoms with Gasteiger partial charge in [0.2, 0.25) is 5.78 Å². The van der Waals surface area contributed by atoms with Crippen LogP contribution in [0.5, 0.6) is 17.2 Å². The Kier molecular flexibility index (Phi) is 5.21. The highest BCUT2D eigenvalue weighted by atomic mass is 16.7. The molecule has 0 aromatic heterocycles. The SMILES string of the molecule is CC1OC(OC2CC(C)(O)Cc3cc4c(c(O)c32)C(=O)c2c(O)ccc(O)c2C4=O)CCC1O.